The van der Waals surface area contributed by atoms with Crippen LogP contribution >= 0.6 is 34.8 Å². The maximum Gasteiger partial charge on any atom is 0.0778 e. The SMILES string of the molecule is Cc1cc(C)nc(-c2cc(Cl)c(Cl)c(Cl)c2)c1. The van der Waals surface area contributed by atoms with Gasteiger partial charge in [0.15, 0.2) is 0 Å². The molecular weight excluding hydrogens is 277 g/mol. The van der Waals surface area contributed by atoms with Crippen LogP contribution in [0.5, 0.6) is 0 Å². The molecule has 0 unspecified atom stereocenters. The predicted octanol–water partition coefficient (Wildman–Crippen LogP) is 5.33. The molecule has 0 saturated heterocycles. The Morgan fingerprint density at radius 3 is 2.00 bits per heavy atom. The molecule has 0 amide bonds. The van der Waals surface area contributed by atoms with Crippen molar-refractivity contribution in [3.63, 3.8) is 0 Å². The first-order valence-electron chi connectivity index (χ1n) is 5.07. The Bertz CT molecular complexity index is 536. The van der Waals surface area contributed by atoms with Gasteiger partial charge in [0.1, 0.15) is 0 Å². The average molecular weight is 287 g/mol. The molecule has 0 aliphatic rings. The van der Waals surface area contributed by atoms with E-state index in [9.17, 15) is 0 Å². The third-order valence-corrected chi connectivity index (χ3v) is 3.57. The van der Waals surface area contributed by atoms with E-state index in [2.05, 4.69) is 4.98 Å². The number of halogens is 3. The van der Waals surface area contributed by atoms with Crippen LogP contribution in [0, 0.1) is 13.8 Å². The molecule has 0 radical (unpaired) electrons. The van der Waals surface area contributed by atoms with Gasteiger partial charge in [-0.1, -0.05) is 34.8 Å². The molecule has 2 rings (SSSR count). The van der Waals surface area contributed by atoms with Gasteiger partial charge in [0, 0.05) is 11.3 Å². The third-order valence-electron chi connectivity index (χ3n) is 2.38. The fourth-order valence-electron chi connectivity index (χ4n) is 1.69. The maximum atomic E-state index is 6.00. The molecule has 1 aromatic carbocycles. The molecule has 0 aliphatic carbocycles. The van der Waals surface area contributed by atoms with Crippen LogP contribution in [0.4, 0.5) is 0 Å². The molecular formula is C13H10Cl3N. The summed E-state index contributed by atoms with van der Waals surface area (Å²) in [6.45, 7) is 3.98. The Labute approximate surface area is 115 Å². The van der Waals surface area contributed by atoms with Crippen LogP contribution in [-0.2, 0) is 0 Å². The van der Waals surface area contributed by atoms with Crippen LogP contribution in [0.25, 0.3) is 11.3 Å². The smallest absolute Gasteiger partial charge is 0.0778 e. The third kappa shape index (κ3) is 2.74. The van der Waals surface area contributed by atoms with Crippen molar-refractivity contribution in [3.05, 3.63) is 50.6 Å². The topological polar surface area (TPSA) is 12.9 Å². The molecule has 1 nitrogen and oxygen atoms in total. The molecule has 0 aliphatic heterocycles. The Kier molecular flexibility index (Phi) is 3.62. The molecule has 88 valence electrons. The van der Waals surface area contributed by atoms with E-state index in [1.807, 2.05) is 26.0 Å². The Morgan fingerprint density at radius 2 is 1.47 bits per heavy atom. The number of hydrogen-bond acceptors (Lipinski definition) is 1. The fraction of sp³-hybridized carbons (Fsp3) is 0.154. The molecule has 0 atom stereocenters. The van der Waals surface area contributed by atoms with Crippen LogP contribution < -0.4 is 0 Å². The number of aromatic nitrogens is 1. The summed E-state index contributed by atoms with van der Waals surface area (Å²) in [7, 11) is 0. The number of pyridine rings is 1. The van der Waals surface area contributed by atoms with E-state index in [4.69, 9.17) is 34.8 Å². The molecule has 0 saturated carbocycles. The van der Waals surface area contributed by atoms with Gasteiger partial charge in [-0.3, -0.25) is 4.98 Å². The number of rotatable bonds is 1. The summed E-state index contributed by atoms with van der Waals surface area (Å²) < 4.78 is 0. The maximum absolute atomic E-state index is 6.00. The molecule has 0 N–H and O–H groups in total. The van der Waals surface area contributed by atoms with Gasteiger partial charge in [0.25, 0.3) is 0 Å². The van der Waals surface area contributed by atoms with E-state index < -0.39 is 0 Å². The van der Waals surface area contributed by atoms with Crippen molar-refractivity contribution in [1.82, 2.24) is 4.98 Å². The van der Waals surface area contributed by atoms with Gasteiger partial charge >= 0.3 is 0 Å². The highest BCUT2D eigenvalue weighted by Crippen LogP contribution is 2.34. The molecule has 0 fully saturated rings. The lowest BCUT2D eigenvalue weighted by Crippen LogP contribution is -1.89. The second-order valence-corrected chi connectivity index (χ2v) is 5.12. The summed E-state index contributed by atoms with van der Waals surface area (Å²) in [5.74, 6) is 0. The summed E-state index contributed by atoms with van der Waals surface area (Å²) in [5, 5.41) is 1.26. The van der Waals surface area contributed by atoms with Crippen LogP contribution in [0.15, 0.2) is 24.3 Å². The van der Waals surface area contributed by atoms with Gasteiger partial charge in [0.2, 0.25) is 0 Å². The van der Waals surface area contributed by atoms with E-state index in [1.54, 1.807) is 12.1 Å². The summed E-state index contributed by atoms with van der Waals surface area (Å²) in [6, 6.07) is 7.56. The van der Waals surface area contributed by atoms with Crippen molar-refractivity contribution in [3.8, 4) is 11.3 Å². The quantitative estimate of drug-likeness (QED) is 0.646. The minimum Gasteiger partial charge on any atom is -0.253 e. The molecule has 2 aromatic rings. The Hall–Kier alpha value is -0.760. The van der Waals surface area contributed by atoms with Gasteiger partial charge in [-0.15, -0.1) is 0 Å². The Morgan fingerprint density at radius 1 is 0.882 bits per heavy atom. The zero-order valence-corrected chi connectivity index (χ0v) is 11.7. The summed E-state index contributed by atoms with van der Waals surface area (Å²) >= 11 is 17.9. The first-order chi connectivity index (χ1) is 7.97. The number of hydrogen-bond donors (Lipinski definition) is 0. The van der Waals surface area contributed by atoms with Gasteiger partial charge in [0.05, 0.1) is 20.8 Å². The molecule has 1 aromatic heterocycles. The van der Waals surface area contributed by atoms with E-state index in [0.29, 0.717) is 15.1 Å². The lowest BCUT2D eigenvalue weighted by molar-refractivity contribution is 1.18. The minimum atomic E-state index is 0.376. The lowest BCUT2D eigenvalue weighted by atomic mass is 10.1. The second-order valence-electron chi connectivity index (χ2n) is 3.92. The largest absolute Gasteiger partial charge is 0.253 e. The average Bonchev–Trinajstić information content (AvgIpc) is 2.23. The predicted molar refractivity (Wildman–Crippen MR) is 74.2 cm³/mol. The summed E-state index contributed by atoms with van der Waals surface area (Å²) in [6.07, 6.45) is 0. The van der Waals surface area contributed by atoms with Gasteiger partial charge in [-0.25, -0.2) is 0 Å². The lowest BCUT2D eigenvalue weighted by Gasteiger charge is -2.07. The molecule has 0 spiro atoms. The van der Waals surface area contributed by atoms with E-state index in [1.165, 1.54) is 0 Å². The minimum absolute atomic E-state index is 0.376. The normalized spacial score (nSPS) is 10.6. The first kappa shape index (κ1) is 12.7. The second kappa shape index (κ2) is 4.85. The van der Waals surface area contributed by atoms with Crippen LogP contribution in [-0.4, -0.2) is 4.98 Å². The highest BCUT2D eigenvalue weighted by molar-refractivity contribution is 6.48. The number of benzene rings is 1. The Balaban J connectivity index is 2.60. The standard InChI is InChI=1S/C13H10Cl3N/c1-7-3-8(2)17-12(4-7)9-5-10(14)13(16)11(15)6-9/h3-6H,1-2H3. The zero-order chi connectivity index (χ0) is 12.6. The van der Waals surface area contributed by atoms with Crippen molar-refractivity contribution < 1.29 is 0 Å². The summed E-state index contributed by atoms with van der Waals surface area (Å²) in [5.41, 5.74) is 3.83. The highest BCUT2D eigenvalue weighted by atomic mass is 35.5. The molecule has 17 heavy (non-hydrogen) atoms. The zero-order valence-electron chi connectivity index (χ0n) is 9.39. The van der Waals surface area contributed by atoms with E-state index in [-0.39, 0.29) is 0 Å². The fourth-order valence-corrected chi connectivity index (χ4v) is 2.29. The van der Waals surface area contributed by atoms with Crippen LogP contribution in [0.1, 0.15) is 11.3 Å². The monoisotopic (exact) mass is 285 g/mol. The van der Waals surface area contributed by atoms with Gasteiger partial charge < -0.3 is 0 Å². The van der Waals surface area contributed by atoms with Crippen LogP contribution in [0.3, 0.4) is 0 Å². The highest BCUT2D eigenvalue weighted by Gasteiger charge is 2.08. The molecule has 0 bridgehead atoms. The van der Waals surface area contributed by atoms with Crippen molar-refractivity contribution in [2.45, 2.75) is 13.8 Å². The van der Waals surface area contributed by atoms with E-state index in [0.717, 1.165) is 22.5 Å². The first-order valence-corrected chi connectivity index (χ1v) is 6.21. The summed E-state index contributed by atoms with van der Waals surface area (Å²) in [4.78, 5) is 4.46. The molecule has 4 heteroatoms. The van der Waals surface area contributed by atoms with Gasteiger partial charge in [-0.05, 0) is 43.7 Å². The molecule has 1 heterocycles. The van der Waals surface area contributed by atoms with Crippen molar-refractivity contribution in [2.75, 3.05) is 0 Å². The van der Waals surface area contributed by atoms with Crippen LogP contribution in [0.2, 0.25) is 15.1 Å². The van der Waals surface area contributed by atoms with E-state index >= 15 is 0 Å². The van der Waals surface area contributed by atoms with Crippen molar-refractivity contribution in [2.24, 2.45) is 0 Å². The number of aryl methyl sites for hydroxylation is 2. The van der Waals surface area contributed by atoms with Crippen molar-refractivity contribution in [1.29, 1.82) is 0 Å². The van der Waals surface area contributed by atoms with Gasteiger partial charge in [-0.2, -0.15) is 0 Å². The number of nitrogens with zero attached hydrogens (tertiary/aromatic N) is 1. The van der Waals surface area contributed by atoms with Crippen molar-refractivity contribution >= 4 is 34.8 Å².